The van der Waals surface area contributed by atoms with E-state index >= 15 is 0 Å². The quantitative estimate of drug-likeness (QED) is 0.843. The Kier molecular flexibility index (Phi) is 4.91. The molecule has 0 aromatic carbocycles. The van der Waals surface area contributed by atoms with Gasteiger partial charge < -0.3 is 9.84 Å². The first-order chi connectivity index (χ1) is 8.70. The molecule has 1 amide bonds. The van der Waals surface area contributed by atoms with Crippen molar-refractivity contribution in [2.75, 3.05) is 6.54 Å². The molecule has 6 heteroatoms. The molecule has 0 aromatic rings. The fraction of sp³-hybridized carbons (Fsp3) is 0.769. The molecule has 0 spiro atoms. The van der Waals surface area contributed by atoms with E-state index in [1.165, 1.54) is 4.90 Å². The van der Waals surface area contributed by atoms with Crippen LogP contribution in [0.3, 0.4) is 0 Å². The highest BCUT2D eigenvalue weighted by atomic mass is 16.6. The van der Waals surface area contributed by atoms with Crippen molar-refractivity contribution in [2.24, 2.45) is 0 Å². The maximum atomic E-state index is 11.9. The van der Waals surface area contributed by atoms with Gasteiger partial charge in [0.2, 0.25) is 0 Å². The molecule has 1 atom stereocenters. The van der Waals surface area contributed by atoms with E-state index in [4.69, 9.17) is 9.84 Å². The zero-order chi connectivity index (χ0) is 14.6. The van der Waals surface area contributed by atoms with Crippen LogP contribution in [-0.4, -0.2) is 46.0 Å². The number of hydrogen-bond acceptors (Lipinski definition) is 4. The third kappa shape index (κ3) is 4.89. The molecule has 1 saturated heterocycles. The molecule has 0 saturated carbocycles. The average Bonchev–Trinajstić information content (AvgIpc) is 2.72. The number of carboxylic acids is 1. The van der Waals surface area contributed by atoms with Gasteiger partial charge in [-0.3, -0.25) is 14.5 Å². The molecular formula is C13H21NO5. The SMILES string of the molecule is CC(C)(C)OC(=O)N1CCC[C@H]1C(=O)CCC(=O)O. The van der Waals surface area contributed by atoms with Gasteiger partial charge in [0, 0.05) is 13.0 Å². The Balaban J connectivity index is 2.60. The fourth-order valence-corrected chi connectivity index (χ4v) is 2.04. The Morgan fingerprint density at radius 1 is 1.26 bits per heavy atom. The van der Waals surface area contributed by atoms with Crippen molar-refractivity contribution in [1.29, 1.82) is 0 Å². The first kappa shape index (κ1) is 15.5. The third-order valence-electron chi connectivity index (χ3n) is 2.84. The summed E-state index contributed by atoms with van der Waals surface area (Å²) in [4.78, 5) is 35.7. The van der Waals surface area contributed by atoms with Gasteiger partial charge in [-0.05, 0) is 33.6 Å². The van der Waals surface area contributed by atoms with Gasteiger partial charge in [0.1, 0.15) is 5.60 Å². The first-order valence-electron chi connectivity index (χ1n) is 6.45. The molecule has 1 N–H and O–H groups in total. The molecule has 1 rings (SSSR count). The lowest BCUT2D eigenvalue weighted by molar-refractivity contribution is -0.139. The summed E-state index contributed by atoms with van der Waals surface area (Å²) >= 11 is 0. The van der Waals surface area contributed by atoms with Gasteiger partial charge in [-0.15, -0.1) is 0 Å². The summed E-state index contributed by atoms with van der Waals surface area (Å²) in [6, 6.07) is -0.533. The molecular weight excluding hydrogens is 250 g/mol. The number of carbonyl (C=O) groups is 3. The number of Topliss-reactive ketones (excluding diaryl/α,β-unsaturated/α-hetero) is 1. The van der Waals surface area contributed by atoms with Gasteiger partial charge in [0.15, 0.2) is 5.78 Å². The second-order valence-corrected chi connectivity index (χ2v) is 5.69. The van der Waals surface area contributed by atoms with Crippen LogP contribution < -0.4 is 0 Å². The third-order valence-corrected chi connectivity index (χ3v) is 2.84. The first-order valence-corrected chi connectivity index (χ1v) is 6.45. The van der Waals surface area contributed by atoms with Gasteiger partial charge >= 0.3 is 12.1 Å². The number of carbonyl (C=O) groups excluding carboxylic acids is 2. The van der Waals surface area contributed by atoms with E-state index in [9.17, 15) is 14.4 Å². The van der Waals surface area contributed by atoms with E-state index in [1.807, 2.05) is 0 Å². The molecule has 1 aliphatic rings. The van der Waals surface area contributed by atoms with Crippen molar-refractivity contribution in [2.45, 2.75) is 58.1 Å². The highest BCUT2D eigenvalue weighted by Gasteiger charge is 2.36. The normalized spacial score (nSPS) is 19.3. The molecule has 0 aliphatic carbocycles. The number of hydrogen-bond donors (Lipinski definition) is 1. The summed E-state index contributed by atoms with van der Waals surface area (Å²) in [5, 5.41) is 8.58. The number of aliphatic carboxylic acids is 1. The molecule has 0 radical (unpaired) electrons. The summed E-state index contributed by atoms with van der Waals surface area (Å²) in [5.41, 5.74) is -0.603. The van der Waals surface area contributed by atoms with Gasteiger partial charge in [0.05, 0.1) is 12.5 Å². The second-order valence-electron chi connectivity index (χ2n) is 5.69. The number of rotatable bonds is 4. The minimum atomic E-state index is -1.00. The Hall–Kier alpha value is -1.59. The molecule has 0 aromatic heterocycles. The predicted octanol–water partition coefficient (Wildman–Crippen LogP) is 1.82. The topological polar surface area (TPSA) is 83.9 Å². The number of ether oxygens (including phenoxy) is 1. The Labute approximate surface area is 112 Å². The summed E-state index contributed by atoms with van der Waals surface area (Å²) < 4.78 is 5.25. The van der Waals surface area contributed by atoms with Gasteiger partial charge in [-0.1, -0.05) is 0 Å². The monoisotopic (exact) mass is 271 g/mol. The van der Waals surface area contributed by atoms with Crippen LogP contribution in [0.1, 0.15) is 46.5 Å². The lowest BCUT2D eigenvalue weighted by atomic mass is 10.1. The van der Waals surface area contributed by atoms with Crippen LogP contribution in [0.5, 0.6) is 0 Å². The van der Waals surface area contributed by atoms with Crippen LogP contribution in [-0.2, 0) is 14.3 Å². The molecule has 1 aliphatic heterocycles. The summed E-state index contributed by atoms with van der Waals surface area (Å²) in [7, 11) is 0. The van der Waals surface area contributed by atoms with Crippen LogP contribution in [0.15, 0.2) is 0 Å². The van der Waals surface area contributed by atoms with Crippen LogP contribution in [0.4, 0.5) is 4.79 Å². The van der Waals surface area contributed by atoms with Crippen molar-refractivity contribution < 1.29 is 24.2 Å². The second kappa shape index (κ2) is 6.04. The van der Waals surface area contributed by atoms with E-state index < -0.39 is 23.7 Å². The van der Waals surface area contributed by atoms with Crippen LogP contribution in [0.2, 0.25) is 0 Å². The van der Waals surface area contributed by atoms with E-state index in [0.717, 1.165) is 6.42 Å². The summed E-state index contributed by atoms with van der Waals surface area (Å²) in [5.74, 6) is -1.21. The van der Waals surface area contributed by atoms with Crippen LogP contribution >= 0.6 is 0 Å². The molecule has 108 valence electrons. The molecule has 0 bridgehead atoms. The number of amides is 1. The minimum Gasteiger partial charge on any atom is -0.481 e. The zero-order valence-electron chi connectivity index (χ0n) is 11.6. The number of nitrogens with zero attached hydrogens (tertiary/aromatic N) is 1. The Morgan fingerprint density at radius 3 is 2.42 bits per heavy atom. The van der Waals surface area contributed by atoms with Crippen molar-refractivity contribution in [3.05, 3.63) is 0 Å². The maximum absolute atomic E-state index is 11.9. The Bertz CT molecular complexity index is 372. The van der Waals surface area contributed by atoms with Crippen molar-refractivity contribution in [3.63, 3.8) is 0 Å². The number of likely N-dealkylation sites (tertiary alicyclic amines) is 1. The van der Waals surface area contributed by atoms with Crippen molar-refractivity contribution in [3.8, 4) is 0 Å². The summed E-state index contributed by atoms with van der Waals surface area (Å²) in [6.07, 6.45) is 0.579. The number of carboxylic acid groups (broad SMARTS) is 1. The molecule has 19 heavy (non-hydrogen) atoms. The largest absolute Gasteiger partial charge is 0.481 e. The maximum Gasteiger partial charge on any atom is 0.410 e. The van der Waals surface area contributed by atoms with Gasteiger partial charge in [0.25, 0.3) is 0 Å². The molecule has 1 fully saturated rings. The minimum absolute atomic E-state index is 0.0424. The van der Waals surface area contributed by atoms with E-state index in [2.05, 4.69) is 0 Å². The predicted molar refractivity (Wildman–Crippen MR) is 67.8 cm³/mol. The molecule has 1 heterocycles. The molecule has 6 nitrogen and oxygen atoms in total. The number of ketones is 1. The highest BCUT2D eigenvalue weighted by Crippen LogP contribution is 2.22. The average molecular weight is 271 g/mol. The Morgan fingerprint density at radius 2 is 1.89 bits per heavy atom. The van der Waals surface area contributed by atoms with Crippen molar-refractivity contribution in [1.82, 2.24) is 4.90 Å². The molecule has 0 unspecified atom stereocenters. The van der Waals surface area contributed by atoms with Gasteiger partial charge in [-0.2, -0.15) is 0 Å². The van der Waals surface area contributed by atoms with Gasteiger partial charge in [-0.25, -0.2) is 4.79 Å². The highest BCUT2D eigenvalue weighted by molar-refractivity contribution is 5.89. The lowest BCUT2D eigenvalue weighted by Gasteiger charge is -2.27. The van der Waals surface area contributed by atoms with E-state index in [1.54, 1.807) is 20.8 Å². The van der Waals surface area contributed by atoms with Crippen LogP contribution in [0.25, 0.3) is 0 Å². The van der Waals surface area contributed by atoms with Crippen LogP contribution in [0, 0.1) is 0 Å². The smallest absolute Gasteiger partial charge is 0.410 e. The zero-order valence-corrected chi connectivity index (χ0v) is 11.6. The van der Waals surface area contributed by atoms with Crippen molar-refractivity contribution >= 4 is 17.8 Å². The van der Waals surface area contributed by atoms with E-state index in [0.29, 0.717) is 13.0 Å². The lowest BCUT2D eigenvalue weighted by Crippen LogP contribution is -2.43. The van der Waals surface area contributed by atoms with E-state index in [-0.39, 0.29) is 18.6 Å². The standard InChI is InChI=1S/C13H21NO5/c1-13(2,3)19-12(18)14-8-4-5-9(14)10(15)6-7-11(16)17/h9H,4-8H2,1-3H3,(H,16,17)/t9-/m0/s1. The fourth-order valence-electron chi connectivity index (χ4n) is 2.04. The summed E-state index contributed by atoms with van der Waals surface area (Å²) in [6.45, 7) is 5.78.